The van der Waals surface area contributed by atoms with E-state index in [1.807, 2.05) is 19.1 Å². The highest BCUT2D eigenvalue weighted by atomic mass is 16.5. The Morgan fingerprint density at radius 2 is 1.58 bits per heavy atom. The monoisotopic (exact) mass is 335 g/mol. The lowest BCUT2D eigenvalue weighted by Crippen LogP contribution is -2.35. The first kappa shape index (κ1) is 20.1. The molecule has 0 fully saturated rings. The molecule has 1 aromatic carbocycles. The number of benzene rings is 1. The summed E-state index contributed by atoms with van der Waals surface area (Å²) in [4.78, 5) is 21.4. The molecule has 0 radical (unpaired) electrons. The summed E-state index contributed by atoms with van der Waals surface area (Å²) in [5.41, 5.74) is 18.5. The Morgan fingerprint density at radius 3 is 2.17 bits per heavy atom. The van der Waals surface area contributed by atoms with Crippen LogP contribution in [0.1, 0.15) is 50.2 Å². The first-order valence-corrected chi connectivity index (χ1v) is 8.40. The molecule has 0 saturated heterocycles. The minimum absolute atomic E-state index is 0.141. The Balaban J connectivity index is 2.30. The third kappa shape index (κ3) is 8.64. The van der Waals surface area contributed by atoms with Gasteiger partial charge in [0.15, 0.2) is 0 Å². The molecule has 0 aliphatic rings. The average molecular weight is 335 g/mol. The molecule has 6 heteroatoms. The van der Waals surface area contributed by atoms with Crippen LogP contribution in [-0.2, 0) is 27.4 Å². The van der Waals surface area contributed by atoms with Crippen molar-refractivity contribution in [2.45, 2.75) is 64.2 Å². The van der Waals surface area contributed by atoms with Crippen molar-refractivity contribution >= 4 is 11.8 Å². The predicted octanol–water partition coefficient (Wildman–Crippen LogP) is 1.38. The SMILES string of the molecule is C[C@@H](OCc1ccc(CCCCC(N)=O)cc1)[C@@H](N)CCC(N)=O. The van der Waals surface area contributed by atoms with E-state index in [2.05, 4.69) is 12.1 Å². The minimum Gasteiger partial charge on any atom is -0.372 e. The van der Waals surface area contributed by atoms with Crippen LogP contribution in [0.4, 0.5) is 0 Å². The zero-order valence-corrected chi connectivity index (χ0v) is 14.4. The molecular weight excluding hydrogens is 306 g/mol. The molecule has 0 spiro atoms. The molecule has 1 rings (SSSR count). The summed E-state index contributed by atoms with van der Waals surface area (Å²) in [6.45, 7) is 2.38. The van der Waals surface area contributed by atoms with Crippen LogP contribution in [0, 0.1) is 0 Å². The third-order valence-electron chi connectivity index (χ3n) is 4.00. The van der Waals surface area contributed by atoms with Gasteiger partial charge >= 0.3 is 0 Å². The normalized spacial score (nSPS) is 13.4. The smallest absolute Gasteiger partial charge is 0.217 e. The zero-order valence-electron chi connectivity index (χ0n) is 14.4. The van der Waals surface area contributed by atoms with E-state index in [0.29, 0.717) is 19.4 Å². The zero-order chi connectivity index (χ0) is 17.9. The van der Waals surface area contributed by atoms with Crippen LogP contribution in [0.15, 0.2) is 24.3 Å². The van der Waals surface area contributed by atoms with Crippen molar-refractivity contribution in [2.75, 3.05) is 0 Å². The largest absolute Gasteiger partial charge is 0.372 e. The number of nitrogens with two attached hydrogens (primary N) is 3. The Bertz CT molecular complexity index is 517. The van der Waals surface area contributed by atoms with E-state index in [0.717, 1.165) is 24.8 Å². The predicted molar refractivity (Wildman–Crippen MR) is 93.8 cm³/mol. The molecule has 6 N–H and O–H groups in total. The van der Waals surface area contributed by atoms with Gasteiger partial charge in [0.05, 0.1) is 12.7 Å². The van der Waals surface area contributed by atoms with Gasteiger partial charge < -0.3 is 21.9 Å². The van der Waals surface area contributed by atoms with Gasteiger partial charge in [0.1, 0.15) is 0 Å². The fraction of sp³-hybridized carbons (Fsp3) is 0.556. The van der Waals surface area contributed by atoms with Crippen LogP contribution in [0.5, 0.6) is 0 Å². The molecule has 2 amide bonds. The van der Waals surface area contributed by atoms with Gasteiger partial charge in [0.2, 0.25) is 11.8 Å². The lowest BCUT2D eigenvalue weighted by molar-refractivity contribution is -0.119. The quantitative estimate of drug-likeness (QED) is 0.499. The van der Waals surface area contributed by atoms with E-state index in [-0.39, 0.29) is 30.4 Å². The lowest BCUT2D eigenvalue weighted by atomic mass is 10.0. The maximum absolute atomic E-state index is 10.8. The number of hydrogen-bond donors (Lipinski definition) is 3. The van der Waals surface area contributed by atoms with Gasteiger partial charge in [-0.3, -0.25) is 9.59 Å². The Labute approximate surface area is 143 Å². The second kappa shape index (κ2) is 10.8. The van der Waals surface area contributed by atoms with Crippen LogP contribution in [0.3, 0.4) is 0 Å². The van der Waals surface area contributed by atoms with E-state index < -0.39 is 0 Å². The molecule has 24 heavy (non-hydrogen) atoms. The fourth-order valence-corrected chi connectivity index (χ4v) is 2.33. The topological polar surface area (TPSA) is 121 Å². The van der Waals surface area contributed by atoms with Crippen molar-refractivity contribution in [1.82, 2.24) is 0 Å². The van der Waals surface area contributed by atoms with Crippen molar-refractivity contribution < 1.29 is 14.3 Å². The minimum atomic E-state index is -0.343. The van der Waals surface area contributed by atoms with E-state index in [4.69, 9.17) is 21.9 Å². The first-order chi connectivity index (χ1) is 11.4. The van der Waals surface area contributed by atoms with Gasteiger partial charge in [-0.2, -0.15) is 0 Å². The fourth-order valence-electron chi connectivity index (χ4n) is 2.33. The van der Waals surface area contributed by atoms with Crippen LogP contribution >= 0.6 is 0 Å². The highest BCUT2D eigenvalue weighted by Gasteiger charge is 2.14. The molecule has 0 bridgehead atoms. The Morgan fingerprint density at radius 1 is 1.00 bits per heavy atom. The highest BCUT2D eigenvalue weighted by molar-refractivity contribution is 5.73. The van der Waals surface area contributed by atoms with Crippen molar-refractivity contribution in [3.63, 3.8) is 0 Å². The Kier molecular flexibility index (Phi) is 9.04. The summed E-state index contributed by atoms with van der Waals surface area (Å²) in [5.74, 6) is -0.588. The summed E-state index contributed by atoms with van der Waals surface area (Å²) < 4.78 is 5.76. The van der Waals surface area contributed by atoms with Crippen LogP contribution in [-0.4, -0.2) is 24.0 Å². The van der Waals surface area contributed by atoms with Gasteiger partial charge in [0.25, 0.3) is 0 Å². The molecule has 0 aliphatic heterocycles. The van der Waals surface area contributed by atoms with Crippen LogP contribution in [0.2, 0.25) is 0 Å². The molecule has 0 unspecified atom stereocenters. The van der Waals surface area contributed by atoms with Gasteiger partial charge in [-0.25, -0.2) is 0 Å². The molecule has 0 heterocycles. The first-order valence-electron chi connectivity index (χ1n) is 8.40. The number of ether oxygens (including phenoxy) is 1. The molecule has 2 atom stereocenters. The molecule has 0 aromatic heterocycles. The molecule has 0 saturated carbocycles. The summed E-state index contributed by atoms with van der Waals surface area (Å²) in [7, 11) is 0. The number of amides is 2. The molecule has 6 nitrogen and oxygen atoms in total. The van der Waals surface area contributed by atoms with Gasteiger partial charge in [-0.15, -0.1) is 0 Å². The summed E-state index contributed by atoms with van der Waals surface area (Å²) >= 11 is 0. The van der Waals surface area contributed by atoms with E-state index in [1.165, 1.54) is 5.56 Å². The second-order valence-electron chi connectivity index (χ2n) is 6.17. The number of aryl methyl sites for hydroxylation is 1. The van der Waals surface area contributed by atoms with Gasteiger partial charge in [-0.1, -0.05) is 24.3 Å². The standard InChI is InChI=1S/C18H29N3O3/c1-13(16(19)10-11-18(21)23)24-12-15-8-6-14(7-9-15)4-2-3-5-17(20)22/h6-9,13,16H,2-5,10-12,19H2,1H3,(H2,20,22)(H2,21,23)/t13-,16+/m1/s1. The maximum Gasteiger partial charge on any atom is 0.217 e. The molecule has 1 aromatic rings. The number of hydrogen-bond acceptors (Lipinski definition) is 4. The van der Waals surface area contributed by atoms with E-state index in [9.17, 15) is 9.59 Å². The highest BCUT2D eigenvalue weighted by Crippen LogP contribution is 2.12. The molecular formula is C18H29N3O3. The maximum atomic E-state index is 10.8. The summed E-state index contributed by atoms with van der Waals surface area (Å²) in [6.07, 6.45) is 3.81. The third-order valence-corrected chi connectivity index (χ3v) is 4.00. The molecule has 134 valence electrons. The average Bonchev–Trinajstić information content (AvgIpc) is 2.55. The van der Waals surface area contributed by atoms with E-state index >= 15 is 0 Å². The molecule has 0 aliphatic carbocycles. The van der Waals surface area contributed by atoms with Crippen LogP contribution in [0.25, 0.3) is 0 Å². The number of primary amides is 2. The van der Waals surface area contributed by atoms with E-state index in [1.54, 1.807) is 0 Å². The summed E-state index contributed by atoms with van der Waals surface area (Å²) in [5, 5.41) is 0. The van der Waals surface area contributed by atoms with Crippen molar-refractivity contribution in [3.05, 3.63) is 35.4 Å². The Hall–Kier alpha value is -1.92. The van der Waals surface area contributed by atoms with Crippen molar-refractivity contribution in [2.24, 2.45) is 17.2 Å². The lowest BCUT2D eigenvalue weighted by Gasteiger charge is -2.20. The van der Waals surface area contributed by atoms with Crippen molar-refractivity contribution in [1.29, 1.82) is 0 Å². The number of unbranched alkanes of at least 4 members (excludes halogenated alkanes) is 1. The number of carbonyl (C=O) groups excluding carboxylic acids is 2. The second-order valence-corrected chi connectivity index (χ2v) is 6.17. The number of carbonyl (C=O) groups is 2. The van der Waals surface area contributed by atoms with Gasteiger partial charge in [0, 0.05) is 18.9 Å². The van der Waals surface area contributed by atoms with Gasteiger partial charge in [-0.05, 0) is 43.7 Å². The van der Waals surface area contributed by atoms with Crippen molar-refractivity contribution in [3.8, 4) is 0 Å². The van der Waals surface area contributed by atoms with Crippen LogP contribution < -0.4 is 17.2 Å². The number of rotatable bonds is 12. The summed E-state index contributed by atoms with van der Waals surface area (Å²) in [6, 6.07) is 8.00.